The van der Waals surface area contributed by atoms with Gasteiger partial charge in [0.05, 0.1) is 6.54 Å². The second-order valence-corrected chi connectivity index (χ2v) is 4.71. The summed E-state index contributed by atoms with van der Waals surface area (Å²) in [5.41, 5.74) is 0. The average Bonchev–Trinajstić information content (AvgIpc) is 2.74. The summed E-state index contributed by atoms with van der Waals surface area (Å²) in [5.74, 6) is 0.401. The van der Waals surface area contributed by atoms with E-state index in [9.17, 15) is 4.79 Å². The van der Waals surface area contributed by atoms with Crippen LogP contribution in [0.2, 0.25) is 0 Å². The molecule has 0 aliphatic heterocycles. The molecule has 15 heavy (non-hydrogen) atoms. The summed E-state index contributed by atoms with van der Waals surface area (Å²) in [7, 11) is 0. The summed E-state index contributed by atoms with van der Waals surface area (Å²) < 4.78 is 0. The van der Waals surface area contributed by atoms with Crippen LogP contribution >= 0.6 is 0 Å². The standard InChI is InChI=1S/C13H25NO/c1-2-3-4-5-10-13(15)11-14-12-8-6-7-9-12/h12,14H,2-11H2,1H3. The van der Waals surface area contributed by atoms with E-state index in [2.05, 4.69) is 12.2 Å². The zero-order chi connectivity index (χ0) is 10.9. The molecule has 0 spiro atoms. The highest BCUT2D eigenvalue weighted by molar-refractivity contribution is 5.80. The molecular formula is C13H25NO. The largest absolute Gasteiger partial charge is 0.307 e. The molecule has 1 N–H and O–H groups in total. The second-order valence-electron chi connectivity index (χ2n) is 4.71. The van der Waals surface area contributed by atoms with Crippen LogP contribution in [0.5, 0.6) is 0 Å². The molecule has 2 heteroatoms. The third-order valence-corrected chi connectivity index (χ3v) is 3.25. The first kappa shape index (κ1) is 12.7. The quantitative estimate of drug-likeness (QED) is 0.625. The Morgan fingerprint density at radius 2 is 1.93 bits per heavy atom. The van der Waals surface area contributed by atoms with E-state index in [1.165, 1.54) is 44.9 Å². The zero-order valence-corrected chi connectivity index (χ0v) is 10.1. The van der Waals surface area contributed by atoms with Crippen LogP contribution < -0.4 is 5.32 Å². The molecule has 0 radical (unpaired) electrons. The van der Waals surface area contributed by atoms with Gasteiger partial charge in [-0.15, -0.1) is 0 Å². The summed E-state index contributed by atoms with van der Waals surface area (Å²) in [6.07, 6.45) is 10.8. The average molecular weight is 211 g/mol. The Balaban J connectivity index is 1.93. The van der Waals surface area contributed by atoms with E-state index in [4.69, 9.17) is 0 Å². The van der Waals surface area contributed by atoms with Crippen LogP contribution in [0.1, 0.15) is 64.7 Å². The number of nitrogens with one attached hydrogen (secondary N) is 1. The minimum Gasteiger partial charge on any atom is -0.307 e. The summed E-state index contributed by atoms with van der Waals surface area (Å²) in [6, 6.07) is 0.629. The van der Waals surface area contributed by atoms with Gasteiger partial charge in [-0.2, -0.15) is 0 Å². The third kappa shape index (κ3) is 5.93. The van der Waals surface area contributed by atoms with E-state index >= 15 is 0 Å². The predicted molar refractivity (Wildman–Crippen MR) is 64.0 cm³/mol. The molecule has 1 aliphatic rings. The van der Waals surface area contributed by atoms with Crippen molar-refractivity contribution in [3.05, 3.63) is 0 Å². The first-order valence-corrected chi connectivity index (χ1v) is 6.58. The maximum absolute atomic E-state index is 11.5. The van der Waals surface area contributed by atoms with Crippen molar-refractivity contribution in [3.8, 4) is 0 Å². The summed E-state index contributed by atoms with van der Waals surface area (Å²) in [4.78, 5) is 11.5. The van der Waals surface area contributed by atoms with Gasteiger partial charge in [-0.3, -0.25) is 4.79 Å². The van der Waals surface area contributed by atoms with Gasteiger partial charge in [0.2, 0.25) is 0 Å². The maximum Gasteiger partial charge on any atom is 0.146 e. The molecule has 0 amide bonds. The number of hydrogen-bond acceptors (Lipinski definition) is 2. The minimum atomic E-state index is 0.401. The molecule has 0 aromatic rings. The summed E-state index contributed by atoms with van der Waals surface area (Å²) in [5, 5.41) is 3.37. The van der Waals surface area contributed by atoms with Crippen molar-refractivity contribution in [2.24, 2.45) is 0 Å². The highest BCUT2D eigenvalue weighted by atomic mass is 16.1. The Kier molecular flexibility index (Phi) is 6.66. The number of hydrogen-bond donors (Lipinski definition) is 1. The van der Waals surface area contributed by atoms with Crippen molar-refractivity contribution in [2.75, 3.05) is 6.54 Å². The van der Waals surface area contributed by atoms with Crippen molar-refractivity contribution < 1.29 is 4.79 Å². The van der Waals surface area contributed by atoms with Gasteiger partial charge >= 0.3 is 0 Å². The topological polar surface area (TPSA) is 29.1 Å². The van der Waals surface area contributed by atoms with Gasteiger partial charge < -0.3 is 5.32 Å². The zero-order valence-electron chi connectivity index (χ0n) is 10.1. The van der Waals surface area contributed by atoms with E-state index in [1.54, 1.807) is 0 Å². The van der Waals surface area contributed by atoms with E-state index < -0.39 is 0 Å². The van der Waals surface area contributed by atoms with Crippen molar-refractivity contribution in [2.45, 2.75) is 70.8 Å². The van der Waals surface area contributed by atoms with E-state index in [0.717, 1.165) is 12.8 Å². The molecule has 1 saturated carbocycles. The fraction of sp³-hybridized carbons (Fsp3) is 0.923. The van der Waals surface area contributed by atoms with Crippen LogP contribution in [0, 0.1) is 0 Å². The third-order valence-electron chi connectivity index (χ3n) is 3.25. The molecule has 1 aliphatic carbocycles. The molecular weight excluding hydrogens is 186 g/mol. The molecule has 2 nitrogen and oxygen atoms in total. The first-order chi connectivity index (χ1) is 7.33. The maximum atomic E-state index is 11.5. The van der Waals surface area contributed by atoms with Crippen LogP contribution in [0.4, 0.5) is 0 Å². The highest BCUT2D eigenvalue weighted by Crippen LogP contribution is 2.17. The number of Topliss-reactive ketones (excluding diaryl/α,β-unsaturated/α-hetero) is 1. The van der Waals surface area contributed by atoms with Crippen molar-refractivity contribution in [3.63, 3.8) is 0 Å². The Morgan fingerprint density at radius 1 is 1.20 bits per heavy atom. The minimum absolute atomic E-state index is 0.401. The van der Waals surface area contributed by atoms with Crippen LogP contribution in [0.3, 0.4) is 0 Å². The molecule has 1 fully saturated rings. The summed E-state index contributed by atoms with van der Waals surface area (Å²) in [6.45, 7) is 2.81. The molecule has 0 aromatic heterocycles. The molecule has 0 atom stereocenters. The van der Waals surface area contributed by atoms with Crippen LogP contribution in [-0.2, 0) is 4.79 Å². The predicted octanol–water partition coefficient (Wildman–Crippen LogP) is 3.06. The van der Waals surface area contributed by atoms with E-state index in [-0.39, 0.29) is 0 Å². The van der Waals surface area contributed by atoms with Crippen LogP contribution in [0.15, 0.2) is 0 Å². The smallest absolute Gasteiger partial charge is 0.146 e. The van der Waals surface area contributed by atoms with Gasteiger partial charge in [0, 0.05) is 12.5 Å². The number of ketones is 1. The number of carbonyl (C=O) groups excluding carboxylic acids is 1. The van der Waals surface area contributed by atoms with Crippen LogP contribution in [0.25, 0.3) is 0 Å². The number of rotatable bonds is 8. The lowest BCUT2D eigenvalue weighted by Gasteiger charge is -2.10. The van der Waals surface area contributed by atoms with Gasteiger partial charge in [0.1, 0.15) is 5.78 Å². The fourth-order valence-corrected chi connectivity index (χ4v) is 2.23. The van der Waals surface area contributed by atoms with Gasteiger partial charge in [0.25, 0.3) is 0 Å². The molecule has 1 rings (SSSR count). The van der Waals surface area contributed by atoms with E-state index in [0.29, 0.717) is 18.4 Å². The highest BCUT2D eigenvalue weighted by Gasteiger charge is 2.14. The SMILES string of the molecule is CCCCCCC(=O)CNC1CCCC1. The van der Waals surface area contributed by atoms with Gasteiger partial charge in [-0.1, -0.05) is 39.0 Å². The molecule has 0 bridgehead atoms. The molecule has 88 valence electrons. The first-order valence-electron chi connectivity index (χ1n) is 6.58. The lowest BCUT2D eigenvalue weighted by molar-refractivity contribution is -0.118. The fourth-order valence-electron chi connectivity index (χ4n) is 2.23. The van der Waals surface area contributed by atoms with Gasteiger partial charge in [-0.05, 0) is 19.3 Å². The molecule has 0 saturated heterocycles. The Bertz CT molecular complexity index is 173. The Morgan fingerprint density at radius 3 is 2.60 bits per heavy atom. The van der Waals surface area contributed by atoms with Gasteiger partial charge in [-0.25, -0.2) is 0 Å². The monoisotopic (exact) mass is 211 g/mol. The second kappa shape index (κ2) is 7.86. The van der Waals surface area contributed by atoms with Crippen molar-refractivity contribution in [1.82, 2.24) is 5.32 Å². The molecule has 0 aromatic carbocycles. The van der Waals surface area contributed by atoms with E-state index in [1.807, 2.05) is 0 Å². The Labute approximate surface area is 93.8 Å². The lowest BCUT2D eigenvalue weighted by atomic mass is 10.1. The number of carbonyl (C=O) groups is 1. The molecule has 0 unspecified atom stereocenters. The van der Waals surface area contributed by atoms with Gasteiger partial charge in [0.15, 0.2) is 0 Å². The van der Waals surface area contributed by atoms with Crippen molar-refractivity contribution >= 4 is 5.78 Å². The number of unbranched alkanes of at least 4 members (excludes halogenated alkanes) is 3. The van der Waals surface area contributed by atoms with Crippen LogP contribution in [-0.4, -0.2) is 18.4 Å². The summed E-state index contributed by atoms with van der Waals surface area (Å²) >= 11 is 0. The lowest BCUT2D eigenvalue weighted by Crippen LogP contribution is -2.31. The normalized spacial score (nSPS) is 17.1. The Hall–Kier alpha value is -0.370. The van der Waals surface area contributed by atoms with Crippen molar-refractivity contribution in [1.29, 1.82) is 0 Å². The molecule has 0 heterocycles.